The predicted molar refractivity (Wildman–Crippen MR) is 92.6 cm³/mol. The molecule has 0 atom stereocenters. The molecule has 0 radical (unpaired) electrons. The third kappa shape index (κ3) is 4.59. The minimum atomic E-state index is -4.27. The normalized spacial score (nSPS) is 15.6. The van der Waals surface area contributed by atoms with Gasteiger partial charge in [0.25, 0.3) is 5.56 Å². The van der Waals surface area contributed by atoms with Crippen molar-refractivity contribution in [1.82, 2.24) is 14.7 Å². The number of likely N-dealkylation sites (tertiary alicyclic amines) is 1. The van der Waals surface area contributed by atoms with Gasteiger partial charge >= 0.3 is 12.1 Å². The van der Waals surface area contributed by atoms with Crippen molar-refractivity contribution in [3.8, 4) is 5.88 Å². The number of ether oxygens (including phenoxy) is 2. The lowest BCUT2D eigenvalue weighted by molar-refractivity contribution is -0.162. The monoisotopic (exact) mass is 449 g/mol. The fourth-order valence-corrected chi connectivity index (χ4v) is 3.11. The van der Waals surface area contributed by atoms with Gasteiger partial charge in [0.05, 0.1) is 24.4 Å². The highest BCUT2D eigenvalue weighted by atomic mass is 79.9. The van der Waals surface area contributed by atoms with Crippen molar-refractivity contribution in [2.24, 2.45) is 0 Å². The van der Waals surface area contributed by atoms with Crippen molar-refractivity contribution in [2.45, 2.75) is 18.8 Å². The summed E-state index contributed by atoms with van der Waals surface area (Å²) < 4.78 is 49.1. The molecule has 1 fully saturated rings. The zero-order valence-corrected chi connectivity index (χ0v) is 15.7. The number of carbonyl (C=O) groups excluding carboxylic acids is 1. The fraction of sp³-hybridized carbons (Fsp3) is 0.438. The van der Waals surface area contributed by atoms with Crippen molar-refractivity contribution in [3.63, 3.8) is 0 Å². The number of hydrogen-bond acceptors (Lipinski definition) is 6. The molecular formula is C16H15BrF3N3O4. The quantitative estimate of drug-likeness (QED) is 0.649. The molecule has 2 aromatic rings. The van der Waals surface area contributed by atoms with E-state index >= 15 is 0 Å². The van der Waals surface area contributed by atoms with E-state index in [2.05, 4.69) is 25.8 Å². The lowest BCUT2D eigenvalue weighted by Crippen LogP contribution is -2.56. The second kappa shape index (κ2) is 7.47. The molecule has 1 aliphatic heterocycles. The molecule has 0 saturated carbocycles. The van der Waals surface area contributed by atoms with Gasteiger partial charge in [0.2, 0.25) is 5.88 Å². The van der Waals surface area contributed by atoms with Crippen LogP contribution in [0.4, 0.5) is 13.2 Å². The number of fused-ring (bicyclic) bond motifs is 1. The van der Waals surface area contributed by atoms with E-state index < -0.39 is 36.9 Å². The second-order valence-electron chi connectivity index (χ2n) is 6.08. The number of halogens is 4. The summed E-state index contributed by atoms with van der Waals surface area (Å²) in [7, 11) is 1.19. The van der Waals surface area contributed by atoms with E-state index in [4.69, 9.17) is 4.74 Å². The Kier molecular flexibility index (Phi) is 5.43. The summed E-state index contributed by atoms with van der Waals surface area (Å²) in [4.78, 5) is 25.2. The van der Waals surface area contributed by atoms with E-state index in [9.17, 15) is 22.8 Å². The van der Waals surface area contributed by atoms with E-state index in [0.717, 1.165) is 4.68 Å². The molecule has 1 aliphatic rings. The molecule has 27 heavy (non-hydrogen) atoms. The lowest BCUT2D eigenvalue weighted by atomic mass is 10.1. The minimum absolute atomic E-state index is 0.0754. The molecule has 146 valence electrons. The molecule has 0 unspecified atom stereocenters. The van der Waals surface area contributed by atoms with Gasteiger partial charge in [-0.15, -0.1) is 5.10 Å². The number of benzene rings is 1. The van der Waals surface area contributed by atoms with Crippen molar-refractivity contribution in [1.29, 1.82) is 0 Å². The highest BCUT2D eigenvalue weighted by Gasteiger charge is 2.38. The third-order valence-electron chi connectivity index (χ3n) is 4.00. The number of carbonyl (C=O) groups is 1. The lowest BCUT2D eigenvalue weighted by Gasteiger charge is -2.38. The Bertz CT molecular complexity index is 925. The molecule has 0 N–H and O–H groups in total. The first-order chi connectivity index (χ1) is 12.7. The number of rotatable bonds is 5. The summed E-state index contributed by atoms with van der Waals surface area (Å²) in [5.41, 5.74) is -0.498. The molecule has 7 nitrogen and oxygen atoms in total. The molecule has 0 amide bonds. The average molecular weight is 450 g/mol. The predicted octanol–water partition coefficient (Wildman–Crippen LogP) is 1.96. The van der Waals surface area contributed by atoms with Crippen LogP contribution in [0.15, 0.2) is 27.5 Å². The van der Waals surface area contributed by atoms with Crippen LogP contribution in [0.25, 0.3) is 10.8 Å². The van der Waals surface area contributed by atoms with E-state index in [-0.39, 0.29) is 24.4 Å². The molecule has 1 aromatic heterocycles. The van der Waals surface area contributed by atoms with Crippen LogP contribution in [0.5, 0.6) is 5.88 Å². The number of esters is 1. The Morgan fingerprint density at radius 1 is 1.33 bits per heavy atom. The zero-order valence-electron chi connectivity index (χ0n) is 14.1. The first kappa shape index (κ1) is 19.6. The number of nitrogens with zero attached hydrogens (tertiary/aromatic N) is 3. The summed E-state index contributed by atoms with van der Waals surface area (Å²) in [5, 5.41) is 4.75. The second-order valence-corrected chi connectivity index (χ2v) is 7.00. The number of alkyl halides is 3. The first-order valence-corrected chi connectivity index (χ1v) is 8.68. The van der Waals surface area contributed by atoms with Crippen LogP contribution in [-0.2, 0) is 16.1 Å². The van der Waals surface area contributed by atoms with Crippen molar-refractivity contribution < 1.29 is 27.4 Å². The third-order valence-corrected chi connectivity index (χ3v) is 4.49. The van der Waals surface area contributed by atoms with Gasteiger partial charge in [-0.25, -0.2) is 4.68 Å². The molecular weight excluding hydrogens is 435 g/mol. The Balaban J connectivity index is 1.87. The van der Waals surface area contributed by atoms with Gasteiger partial charge in [0, 0.05) is 17.6 Å². The molecule has 1 aromatic carbocycles. The highest BCUT2D eigenvalue weighted by molar-refractivity contribution is 9.10. The highest BCUT2D eigenvalue weighted by Crippen LogP contribution is 2.28. The Labute approximate surface area is 159 Å². The van der Waals surface area contributed by atoms with Crippen LogP contribution in [0.1, 0.15) is 0 Å². The smallest absolute Gasteiger partial charge is 0.401 e. The fourth-order valence-electron chi connectivity index (χ4n) is 2.75. The summed E-state index contributed by atoms with van der Waals surface area (Å²) >= 11 is 3.30. The average Bonchev–Trinajstić information content (AvgIpc) is 2.55. The van der Waals surface area contributed by atoms with Crippen molar-refractivity contribution in [3.05, 3.63) is 33.0 Å². The number of aromatic nitrogens is 2. The van der Waals surface area contributed by atoms with Crippen LogP contribution < -0.4 is 10.3 Å². The minimum Gasteiger partial charge on any atom is -0.470 e. The van der Waals surface area contributed by atoms with Gasteiger partial charge in [-0.05, 0) is 18.2 Å². The molecule has 11 heteroatoms. The first-order valence-electron chi connectivity index (χ1n) is 7.89. The van der Waals surface area contributed by atoms with E-state index in [1.807, 2.05) is 0 Å². The van der Waals surface area contributed by atoms with Crippen LogP contribution >= 0.6 is 15.9 Å². The SMILES string of the molecule is COC(=O)Cn1nc(OC2CN(CC(F)(F)F)C2)c2cc(Br)ccc2c1=O. The summed E-state index contributed by atoms with van der Waals surface area (Å²) in [6.45, 7) is -1.23. The topological polar surface area (TPSA) is 73.7 Å². The van der Waals surface area contributed by atoms with Gasteiger partial charge in [0.15, 0.2) is 0 Å². The Morgan fingerprint density at radius 2 is 2.04 bits per heavy atom. The van der Waals surface area contributed by atoms with Gasteiger partial charge in [0.1, 0.15) is 12.6 Å². The standard InChI is InChI=1S/C16H15BrF3N3O4/c1-26-13(24)7-23-15(25)11-3-2-9(17)4-12(11)14(21-23)27-10-5-22(6-10)8-16(18,19)20/h2-4,10H,5-8H2,1H3. The summed E-state index contributed by atoms with van der Waals surface area (Å²) in [6.07, 6.45) is -4.76. The molecule has 2 heterocycles. The van der Waals surface area contributed by atoms with Crippen molar-refractivity contribution in [2.75, 3.05) is 26.7 Å². The maximum Gasteiger partial charge on any atom is 0.401 e. The largest absolute Gasteiger partial charge is 0.470 e. The number of hydrogen-bond donors (Lipinski definition) is 0. The van der Waals surface area contributed by atoms with Gasteiger partial charge < -0.3 is 9.47 Å². The number of methoxy groups -OCH3 is 1. The van der Waals surface area contributed by atoms with Crippen LogP contribution in [0, 0.1) is 0 Å². The molecule has 0 aliphatic carbocycles. The van der Waals surface area contributed by atoms with Crippen LogP contribution in [0.2, 0.25) is 0 Å². The van der Waals surface area contributed by atoms with Crippen LogP contribution in [0.3, 0.4) is 0 Å². The maximum atomic E-state index is 12.5. The summed E-state index contributed by atoms with van der Waals surface area (Å²) in [5.74, 6) is -0.585. The van der Waals surface area contributed by atoms with E-state index in [1.165, 1.54) is 12.0 Å². The van der Waals surface area contributed by atoms with E-state index in [1.54, 1.807) is 18.2 Å². The molecule has 3 rings (SSSR count). The molecule has 1 saturated heterocycles. The van der Waals surface area contributed by atoms with Gasteiger partial charge in [-0.3, -0.25) is 14.5 Å². The molecule has 0 spiro atoms. The zero-order chi connectivity index (χ0) is 19.8. The van der Waals surface area contributed by atoms with Crippen LogP contribution in [-0.4, -0.2) is 59.7 Å². The van der Waals surface area contributed by atoms with Gasteiger partial charge in [-0.2, -0.15) is 13.2 Å². The van der Waals surface area contributed by atoms with E-state index in [0.29, 0.717) is 9.86 Å². The maximum absolute atomic E-state index is 12.5. The summed E-state index contributed by atoms with van der Waals surface area (Å²) in [6, 6.07) is 4.85. The van der Waals surface area contributed by atoms with Crippen molar-refractivity contribution >= 4 is 32.7 Å². The Morgan fingerprint density at radius 3 is 2.67 bits per heavy atom. The Hall–Kier alpha value is -2.14. The van der Waals surface area contributed by atoms with Gasteiger partial charge in [-0.1, -0.05) is 15.9 Å². The molecule has 0 bridgehead atoms.